The summed E-state index contributed by atoms with van der Waals surface area (Å²) in [6.07, 6.45) is -10.4. The van der Waals surface area contributed by atoms with Crippen molar-refractivity contribution in [3.05, 3.63) is 64.7 Å². The Kier molecular flexibility index (Phi) is 7.19. The van der Waals surface area contributed by atoms with Crippen LogP contribution in [0.25, 0.3) is 0 Å². The quantitative estimate of drug-likeness (QED) is 0.529. The largest absolute Gasteiger partial charge is 0.496 e. The van der Waals surface area contributed by atoms with Gasteiger partial charge in [0, 0.05) is 12.0 Å². The number of amides is 1. The van der Waals surface area contributed by atoms with Crippen molar-refractivity contribution in [2.45, 2.75) is 24.8 Å². The maximum absolute atomic E-state index is 13.0. The Morgan fingerprint density at radius 2 is 1.48 bits per heavy atom. The number of hydrogen-bond acceptors (Lipinski definition) is 4. The number of carbonyl (C=O) groups excluding carboxylic acids is 2. The predicted octanol–water partition coefficient (Wildman–Crippen LogP) is 4.25. The highest BCUT2D eigenvalue weighted by Gasteiger charge is 2.38. The minimum atomic E-state index is -5.12. The summed E-state index contributed by atoms with van der Waals surface area (Å²) in [5.41, 5.74) is -3.74. The average molecular weight is 449 g/mol. The van der Waals surface area contributed by atoms with Crippen LogP contribution in [-0.4, -0.2) is 32.1 Å². The van der Waals surface area contributed by atoms with Gasteiger partial charge in [-0.1, -0.05) is 18.2 Å². The molecule has 0 aliphatic heterocycles. The number of methoxy groups -OCH3 is 2. The number of alkyl halides is 6. The highest BCUT2D eigenvalue weighted by atomic mass is 19.4. The summed E-state index contributed by atoms with van der Waals surface area (Å²) in [6.45, 7) is 0. The van der Waals surface area contributed by atoms with Gasteiger partial charge >= 0.3 is 18.3 Å². The number of halogens is 6. The Hall–Kier alpha value is -3.24. The van der Waals surface area contributed by atoms with Gasteiger partial charge in [0.05, 0.1) is 25.3 Å². The Morgan fingerprint density at radius 1 is 0.935 bits per heavy atom. The molecule has 0 unspecified atom stereocenters. The van der Waals surface area contributed by atoms with E-state index < -0.39 is 47.0 Å². The number of rotatable bonds is 6. The van der Waals surface area contributed by atoms with Crippen LogP contribution < -0.4 is 10.1 Å². The van der Waals surface area contributed by atoms with Crippen LogP contribution >= 0.6 is 0 Å². The van der Waals surface area contributed by atoms with E-state index in [1.807, 2.05) is 0 Å². The van der Waals surface area contributed by atoms with Crippen molar-refractivity contribution < 1.29 is 45.4 Å². The van der Waals surface area contributed by atoms with Crippen LogP contribution in [0.5, 0.6) is 5.75 Å². The number of ether oxygens (including phenoxy) is 2. The third-order valence-electron chi connectivity index (χ3n) is 4.26. The number of esters is 1. The fourth-order valence-electron chi connectivity index (χ4n) is 2.75. The van der Waals surface area contributed by atoms with Gasteiger partial charge < -0.3 is 14.8 Å². The first-order chi connectivity index (χ1) is 14.4. The van der Waals surface area contributed by atoms with E-state index in [1.165, 1.54) is 7.11 Å². The van der Waals surface area contributed by atoms with Crippen LogP contribution in [0.2, 0.25) is 0 Å². The lowest BCUT2D eigenvalue weighted by Gasteiger charge is -2.19. The first-order valence-corrected chi connectivity index (χ1v) is 8.67. The first-order valence-electron chi connectivity index (χ1n) is 8.67. The lowest BCUT2D eigenvalue weighted by Crippen LogP contribution is -2.43. The van der Waals surface area contributed by atoms with Gasteiger partial charge in [0.25, 0.3) is 5.91 Å². The van der Waals surface area contributed by atoms with Gasteiger partial charge in [0.1, 0.15) is 11.8 Å². The Balaban J connectivity index is 2.40. The van der Waals surface area contributed by atoms with Crippen LogP contribution in [0.3, 0.4) is 0 Å². The molecular weight excluding hydrogens is 432 g/mol. The molecule has 0 saturated carbocycles. The summed E-state index contributed by atoms with van der Waals surface area (Å²) in [5.74, 6) is -1.88. The zero-order valence-corrected chi connectivity index (χ0v) is 16.2. The van der Waals surface area contributed by atoms with E-state index >= 15 is 0 Å². The van der Waals surface area contributed by atoms with Gasteiger partial charge in [-0.3, -0.25) is 4.79 Å². The minimum Gasteiger partial charge on any atom is -0.496 e. The monoisotopic (exact) mass is 449 g/mol. The fraction of sp³-hybridized carbons (Fsp3) is 0.300. The van der Waals surface area contributed by atoms with E-state index in [2.05, 4.69) is 10.1 Å². The van der Waals surface area contributed by atoms with Crippen LogP contribution in [0.15, 0.2) is 42.5 Å². The molecule has 0 spiro atoms. The molecule has 0 aromatic heterocycles. The number of para-hydroxylation sites is 1. The Bertz CT molecular complexity index is 923. The van der Waals surface area contributed by atoms with E-state index in [4.69, 9.17) is 4.74 Å². The normalized spacial score (nSPS) is 12.8. The van der Waals surface area contributed by atoms with E-state index in [-0.39, 0.29) is 24.6 Å². The van der Waals surface area contributed by atoms with Gasteiger partial charge in [-0.25, -0.2) is 4.79 Å². The predicted molar refractivity (Wildman–Crippen MR) is 96.4 cm³/mol. The number of benzene rings is 2. The van der Waals surface area contributed by atoms with E-state index in [0.717, 1.165) is 7.11 Å². The third kappa shape index (κ3) is 6.12. The number of nitrogens with one attached hydrogen (secondary N) is 1. The van der Waals surface area contributed by atoms with Crippen molar-refractivity contribution in [2.24, 2.45) is 0 Å². The molecule has 2 aromatic carbocycles. The molecule has 11 heteroatoms. The van der Waals surface area contributed by atoms with Crippen molar-refractivity contribution >= 4 is 11.9 Å². The fourth-order valence-corrected chi connectivity index (χ4v) is 2.75. The van der Waals surface area contributed by atoms with Gasteiger partial charge in [-0.05, 0) is 29.8 Å². The summed E-state index contributed by atoms with van der Waals surface area (Å²) in [6, 6.07) is 5.50. The maximum Gasteiger partial charge on any atom is 0.416 e. The highest BCUT2D eigenvalue weighted by molar-refractivity contribution is 5.97. The second kappa shape index (κ2) is 9.27. The molecule has 2 aromatic rings. The van der Waals surface area contributed by atoms with E-state index in [0.29, 0.717) is 11.3 Å². The standard InChI is InChI=1S/C20H17F6NO4/c1-30-16-6-4-3-5-11(16)9-15(18(29)31-2)27-17(28)12-7-13(19(21,22)23)10-14(8-12)20(24,25)26/h3-8,10,15H,9H2,1-2H3,(H,27,28)/t15-/m1/s1. The molecule has 0 aliphatic rings. The zero-order valence-electron chi connectivity index (χ0n) is 16.2. The number of hydrogen-bond donors (Lipinski definition) is 1. The Morgan fingerprint density at radius 3 is 1.97 bits per heavy atom. The van der Waals surface area contributed by atoms with Crippen LogP contribution in [0.4, 0.5) is 26.3 Å². The van der Waals surface area contributed by atoms with Crippen molar-refractivity contribution in [3.63, 3.8) is 0 Å². The van der Waals surface area contributed by atoms with Crippen molar-refractivity contribution in [3.8, 4) is 5.75 Å². The Labute approximate surface area is 173 Å². The molecule has 31 heavy (non-hydrogen) atoms. The van der Waals surface area contributed by atoms with Gasteiger partial charge in [-0.15, -0.1) is 0 Å². The average Bonchev–Trinajstić information content (AvgIpc) is 2.71. The molecule has 1 atom stereocenters. The highest BCUT2D eigenvalue weighted by Crippen LogP contribution is 2.36. The molecule has 0 aliphatic carbocycles. The molecule has 0 bridgehead atoms. The van der Waals surface area contributed by atoms with Crippen LogP contribution in [-0.2, 0) is 28.3 Å². The molecule has 1 amide bonds. The minimum absolute atomic E-state index is 0.0938. The summed E-state index contributed by atoms with van der Waals surface area (Å²) >= 11 is 0. The van der Waals surface area contributed by atoms with E-state index in [9.17, 15) is 35.9 Å². The zero-order chi connectivity index (χ0) is 23.4. The van der Waals surface area contributed by atoms with Crippen LogP contribution in [0, 0.1) is 0 Å². The summed E-state index contributed by atoms with van der Waals surface area (Å²) < 4.78 is 87.9. The topological polar surface area (TPSA) is 64.6 Å². The molecule has 0 radical (unpaired) electrons. The lowest BCUT2D eigenvalue weighted by atomic mass is 10.0. The van der Waals surface area contributed by atoms with Gasteiger partial charge in [0.2, 0.25) is 0 Å². The SMILES string of the molecule is COC(=O)[C@@H](Cc1ccccc1OC)NC(=O)c1cc(C(F)(F)F)cc(C(F)(F)F)c1. The molecule has 5 nitrogen and oxygen atoms in total. The molecule has 1 N–H and O–H groups in total. The van der Waals surface area contributed by atoms with Gasteiger partial charge in [0.15, 0.2) is 0 Å². The summed E-state index contributed by atoms with van der Waals surface area (Å²) in [5, 5.41) is 2.14. The molecule has 0 fully saturated rings. The first kappa shape index (κ1) is 24.0. The van der Waals surface area contributed by atoms with Crippen LogP contribution in [0.1, 0.15) is 27.0 Å². The molecular formula is C20H17F6NO4. The molecule has 2 rings (SSSR count). The third-order valence-corrected chi connectivity index (χ3v) is 4.26. The molecule has 0 heterocycles. The van der Waals surface area contributed by atoms with Crippen molar-refractivity contribution in [1.82, 2.24) is 5.32 Å². The second-order valence-electron chi connectivity index (χ2n) is 6.36. The smallest absolute Gasteiger partial charge is 0.416 e. The summed E-state index contributed by atoms with van der Waals surface area (Å²) in [7, 11) is 2.39. The number of carbonyl (C=O) groups is 2. The van der Waals surface area contributed by atoms with E-state index in [1.54, 1.807) is 24.3 Å². The second-order valence-corrected chi connectivity index (χ2v) is 6.36. The summed E-state index contributed by atoms with van der Waals surface area (Å²) in [4.78, 5) is 24.6. The molecule has 168 valence electrons. The molecule has 0 saturated heterocycles. The van der Waals surface area contributed by atoms with Crippen molar-refractivity contribution in [1.29, 1.82) is 0 Å². The maximum atomic E-state index is 13.0. The van der Waals surface area contributed by atoms with Crippen molar-refractivity contribution in [2.75, 3.05) is 14.2 Å². The van der Waals surface area contributed by atoms with Gasteiger partial charge in [-0.2, -0.15) is 26.3 Å². The lowest BCUT2D eigenvalue weighted by molar-refractivity contribution is -0.144.